The highest BCUT2D eigenvalue weighted by molar-refractivity contribution is 5.74. The van der Waals surface area contributed by atoms with Gasteiger partial charge in [0.15, 0.2) is 0 Å². The first kappa shape index (κ1) is 15.1. The first-order valence-electron chi connectivity index (χ1n) is 8.46. The molecule has 0 aliphatic carbocycles. The van der Waals surface area contributed by atoms with Crippen LogP contribution in [0.2, 0.25) is 0 Å². The first-order chi connectivity index (χ1) is 11.1. The average molecular weight is 318 g/mol. The molecule has 23 heavy (non-hydrogen) atoms. The van der Waals surface area contributed by atoms with Gasteiger partial charge < -0.3 is 9.64 Å². The van der Waals surface area contributed by atoms with Gasteiger partial charge in [-0.3, -0.25) is 9.69 Å². The molecule has 3 aliphatic rings. The SMILES string of the molecule is CC(=O)N1CC2(C[C@H](N3CCc4cccc(F)c4C3)CCO2)C1. The number of hydrogen-bond donors (Lipinski definition) is 0. The molecule has 1 spiro atoms. The number of ether oxygens (including phenoxy) is 1. The lowest BCUT2D eigenvalue weighted by atomic mass is 9.82. The number of nitrogens with zero attached hydrogens (tertiary/aromatic N) is 2. The molecule has 0 saturated carbocycles. The van der Waals surface area contributed by atoms with E-state index in [1.807, 2.05) is 11.0 Å². The van der Waals surface area contributed by atoms with Crippen molar-refractivity contribution in [3.8, 4) is 0 Å². The molecule has 1 atom stereocenters. The van der Waals surface area contributed by atoms with E-state index < -0.39 is 0 Å². The zero-order valence-corrected chi connectivity index (χ0v) is 13.6. The molecule has 1 aromatic rings. The second-order valence-electron chi connectivity index (χ2n) is 7.15. The Morgan fingerprint density at radius 3 is 3.00 bits per heavy atom. The minimum Gasteiger partial charge on any atom is -0.371 e. The van der Waals surface area contributed by atoms with Crippen LogP contribution in [0, 0.1) is 5.82 Å². The second-order valence-corrected chi connectivity index (χ2v) is 7.15. The molecule has 1 aromatic carbocycles. The zero-order chi connectivity index (χ0) is 16.0. The summed E-state index contributed by atoms with van der Waals surface area (Å²) in [6.07, 6.45) is 2.85. The van der Waals surface area contributed by atoms with Crippen molar-refractivity contribution in [1.29, 1.82) is 0 Å². The van der Waals surface area contributed by atoms with Crippen LogP contribution in [0.3, 0.4) is 0 Å². The lowest BCUT2D eigenvalue weighted by Gasteiger charge is -2.54. The molecule has 3 aliphatic heterocycles. The molecule has 0 N–H and O–H groups in total. The molecule has 2 fully saturated rings. The summed E-state index contributed by atoms with van der Waals surface area (Å²) in [6, 6.07) is 5.82. The van der Waals surface area contributed by atoms with Crippen molar-refractivity contribution in [2.45, 2.75) is 44.4 Å². The molecule has 0 aromatic heterocycles. The van der Waals surface area contributed by atoms with Crippen LogP contribution in [-0.4, -0.2) is 53.6 Å². The lowest BCUT2D eigenvalue weighted by Crippen LogP contribution is -2.68. The van der Waals surface area contributed by atoms with Crippen molar-refractivity contribution in [3.05, 3.63) is 35.1 Å². The Morgan fingerprint density at radius 1 is 1.39 bits per heavy atom. The number of hydrogen-bond acceptors (Lipinski definition) is 3. The molecule has 4 nitrogen and oxygen atoms in total. The van der Waals surface area contributed by atoms with Gasteiger partial charge in [-0.05, 0) is 30.9 Å². The van der Waals surface area contributed by atoms with Crippen molar-refractivity contribution >= 4 is 5.91 Å². The monoisotopic (exact) mass is 318 g/mol. The molecule has 1 amide bonds. The zero-order valence-electron chi connectivity index (χ0n) is 13.6. The number of likely N-dealkylation sites (tertiary alicyclic amines) is 1. The van der Waals surface area contributed by atoms with Gasteiger partial charge in [-0.2, -0.15) is 0 Å². The third-order valence-electron chi connectivity index (χ3n) is 5.63. The highest BCUT2D eigenvalue weighted by Crippen LogP contribution is 2.37. The molecule has 5 heteroatoms. The number of rotatable bonds is 1. The summed E-state index contributed by atoms with van der Waals surface area (Å²) in [4.78, 5) is 15.7. The van der Waals surface area contributed by atoms with Crippen LogP contribution in [0.25, 0.3) is 0 Å². The third-order valence-corrected chi connectivity index (χ3v) is 5.63. The molecule has 4 rings (SSSR count). The summed E-state index contributed by atoms with van der Waals surface area (Å²) in [5.41, 5.74) is 1.84. The average Bonchev–Trinajstić information content (AvgIpc) is 2.52. The summed E-state index contributed by atoms with van der Waals surface area (Å²) < 4.78 is 20.1. The number of halogens is 1. The van der Waals surface area contributed by atoms with Gasteiger partial charge in [0.1, 0.15) is 11.4 Å². The summed E-state index contributed by atoms with van der Waals surface area (Å²) in [6.45, 7) is 5.43. The molecule has 0 bridgehead atoms. The Hall–Kier alpha value is -1.46. The van der Waals surface area contributed by atoms with E-state index in [0.29, 0.717) is 25.7 Å². The fourth-order valence-corrected chi connectivity index (χ4v) is 4.28. The largest absolute Gasteiger partial charge is 0.371 e. The van der Waals surface area contributed by atoms with Crippen LogP contribution in [0.5, 0.6) is 0 Å². The smallest absolute Gasteiger partial charge is 0.219 e. The number of carbonyl (C=O) groups is 1. The Balaban J connectivity index is 1.45. The number of fused-ring (bicyclic) bond motifs is 1. The van der Waals surface area contributed by atoms with E-state index in [0.717, 1.165) is 43.5 Å². The maximum absolute atomic E-state index is 14.1. The van der Waals surface area contributed by atoms with Gasteiger partial charge in [-0.25, -0.2) is 4.39 Å². The van der Waals surface area contributed by atoms with E-state index in [-0.39, 0.29) is 17.3 Å². The number of carbonyl (C=O) groups excluding carboxylic acids is 1. The molecular formula is C18H23FN2O2. The number of amides is 1. The Morgan fingerprint density at radius 2 is 2.22 bits per heavy atom. The lowest BCUT2D eigenvalue weighted by molar-refractivity contribution is -0.189. The molecule has 2 saturated heterocycles. The van der Waals surface area contributed by atoms with Crippen LogP contribution in [0.1, 0.15) is 30.9 Å². The van der Waals surface area contributed by atoms with Gasteiger partial charge in [0.2, 0.25) is 5.91 Å². The summed E-state index contributed by atoms with van der Waals surface area (Å²) in [5.74, 6) is 0.0377. The summed E-state index contributed by atoms with van der Waals surface area (Å²) in [5, 5.41) is 0. The van der Waals surface area contributed by atoms with Gasteiger partial charge in [0.05, 0.1) is 13.1 Å². The van der Waals surface area contributed by atoms with Crippen molar-refractivity contribution in [3.63, 3.8) is 0 Å². The molecule has 3 heterocycles. The Bertz CT molecular complexity index is 627. The quantitative estimate of drug-likeness (QED) is 0.793. The number of benzene rings is 1. The maximum Gasteiger partial charge on any atom is 0.219 e. The van der Waals surface area contributed by atoms with Crippen LogP contribution in [0.4, 0.5) is 4.39 Å². The van der Waals surface area contributed by atoms with Gasteiger partial charge in [-0.15, -0.1) is 0 Å². The van der Waals surface area contributed by atoms with E-state index in [9.17, 15) is 9.18 Å². The maximum atomic E-state index is 14.1. The van der Waals surface area contributed by atoms with Crippen LogP contribution < -0.4 is 0 Å². The Labute approximate surface area is 136 Å². The molecule has 124 valence electrons. The summed E-state index contributed by atoms with van der Waals surface area (Å²) >= 11 is 0. The first-order valence-corrected chi connectivity index (χ1v) is 8.46. The minimum absolute atomic E-state index is 0.0830. The fraction of sp³-hybridized carbons (Fsp3) is 0.611. The van der Waals surface area contributed by atoms with Crippen molar-refractivity contribution < 1.29 is 13.9 Å². The van der Waals surface area contributed by atoms with Crippen molar-refractivity contribution in [2.24, 2.45) is 0 Å². The van der Waals surface area contributed by atoms with E-state index in [1.165, 1.54) is 0 Å². The van der Waals surface area contributed by atoms with Crippen molar-refractivity contribution in [1.82, 2.24) is 9.80 Å². The molecular weight excluding hydrogens is 295 g/mol. The van der Waals surface area contributed by atoms with Gasteiger partial charge in [-0.1, -0.05) is 12.1 Å². The minimum atomic E-state index is -0.163. The van der Waals surface area contributed by atoms with Gasteiger partial charge >= 0.3 is 0 Å². The van der Waals surface area contributed by atoms with E-state index in [2.05, 4.69) is 4.90 Å². The van der Waals surface area contributed by atoms with E-state index in [4.69, 9.17) is 4.74 Å². The summed E-state index contributed by atoms with van der Waals surface area (Å²) in [7, 11) is 0. The predicted octanol–water partition coefficient (Wildman–Crippen LogP) is 1.96. The topological polar surface area (TPSA) is 32.8 Å². The third kappa shape index (κ3) is 2.66. The Kier molecular flexibility index (Phi) is 3.65. The van der Waals surface area contributed by atoms with Gasteiger partial charge in [0.25, 0.3) is 0 Å². The molecule has 0 radical (unpaired) electrons. The van der Waals surface area contributed by atoms with Crippen LogP contribution in [-0.2, 0) is 22.5 Å². The van der Waals surface area contributed by atoms with E-state index in [1.54, 1.807) is 19.1 Å². The highest BCUT2D eigenvalue weighted by atomic mass is 19.1. The van der Waals surface area contributed by atoms with Crippen LogP contribution >= 0.6 is 0 Å². The van der Waals surface area contributed by atoms with Crippen molar-refractivity contribution in [2.75, 3.05) is 26.2 Å². The standard InChI is InChI=1S/C18H23FN2O2/c1-13(22)21-11-18(12-21)9-15(6-8-23-18)20-7-5-14-3-2-4-17(19)16(14)10-20/h2-4,15H,5-12H2,1H3/t15-/m1/s1. The van der Waals surface area contributed by atoms with Gasteiger partial charge in [0, 0.05) is 38.2 Å². The molecule has 0 unspecified atom stereocenters. The highest BCUT2D eigenvalue weighted by Gasteiger charge is 2.49. The fourth-order valence-electron chi connectivity index (χ4n) is 4.28. The van der Waals surface area contributed by atoms with Crippen LogP contribution in [0.15, 0.2) is 18.2 Å². The normalized spacial score (nSPS) is 26.7. The second kappa shape index (κ2) is 5.56. The predicted molar refractivity (Wildman–Crippen MR) is 84.5 cm³/mol. The van der Waals surface area contributed by atoms with E-state index >= 15 is 0 Å².